The molecule has 2 N–H and O–H groups in total. The van der Waals surface area contributed by atoms with Crippen molar-refractivity contribution in [1.29, 1.82) is 0 Å². The number of amides is 1. The lowest BCUT2D eigenvalue weighted by Crippen LogP contribution is -2.45. The predicted octanol–water partition coefficient (Wildman–Crippen LogP) is 1.03. The van der Waals surface area contributed by atoms with Gasteiger partial charge in [-0.3, -0.25) is 4.79 Å². The van der Waals surface area contributed by atoms with Crippen molar-refractivity contribution in [2.45, 2.75) is 62.9 Å². The Morgan fingerprint density at radius 1 is 1.32 bits per heavy atom. The summed E-state index contributed by atoms with van der Waals surface area (Å²) in [5.41, 5.74) is -0.597. The third-order valence-corrected chi connectivity index (χ3v) is 5.40. The molecule has 2 fully saturated rings. The molecule has 4 rings (SSSR count). The largest absolute Gasteiger partial charge is 0.390 e. The molecule has 0 radical (unpaired) electrons. The molecule has 1 amide bonds. The van der Waals surface area contributed by atoms with Gasteiger partial charge in [0.25, 0.3) is 5.91 Å². The van der Waals surface area contributed by atoms with Crippen LogP contribution in [0.25, 0.3) is 0 Å². The summed E-state index contributed by atoms with van der Waals surface area (Å²) in [5.74, 6) is -1.65. The van der Waals surface area contributed by atoms with Gasteiger partial charge in [0.15, 0.2) is 11.9 Å². The SMILES string of the molecule is CC1(C)O[C@@H]2C(=O)N3CCC(O)(c4ccc(F)cc4C3)C(O)C[C@H]2O1. The molecule has 6 nitrogen and oxygen atoms in total. The van der Waals surface area contributed by atoms with Crippen LogP contribution in [0.15, 0.2) is 18.2 Å². The molecule has 2 unspecified atom stereocenters. The van der Waals surface area contributed by atoms with E-state index in [4.69, 9.17) is 9.47 Å². The van der Waals surface area contributed by atoms with E-state index in [2.05, 4.69) is 0 Å². The van der Waals surface area contributed by atoms with E-state index in [-0.39, 0.29) is 31.8 Å². The second-order valence-corrected chi connectivity index (χ2v) is 7.58. The fourth-order valence-corrected chi connectivity index (χ4v) is 4.19. The van der Waals surface area contributed by atoms with Crippen molar-refractivity contribution >= 4 is 5.91 Å². The zero-order valence-electron chi connectivity index (χ0n) is 14.2. The Balaban J connectivity index is 1.83. The summed E-state index contributed by atoms with van der Waals surface area (Å²) in [6.45, 7) is 3.83. The van der Waals surface area contributed by atoms with Crippen molar-refractivity contribution in [1.82, 2.24) is 4.90 Å². The number of halogens is 1. The molecular weight excluding hydrogens is 329 g/mol. The average Bonchev–Trinajstić information content (AvgIpc) is 2.76. The molecule has 7 heteroatoms. The molecule has 0 aliphatic carbocycles. The van der Waals surface area contributed by atoms with E-state index >= 15 is 0 Å². The smallest absolute Gasteiger partial charge is 0.254 e. The highest BCUT2D eigenvalue weighted by atomic mass is 19.1. The summed E-state index contributed by atoms with van der Waals surface area (Å²) in [6, 6.07) is 4.07. The Labute approximate surface area is 145 Å². The molecule has 1 aromatic rings. The first-order valence-corrected chi connectivity index (χ1v) is 8.53. The number of aliphatic hydroxyl groups is 2. The van der Waals surface area contributed by atoms with Gasteiger partial charge in [-0.15, -0.1) is 0 Å². The molecule has 4 atom stereocenters. The lowest BCUT2D eigenvalue weighted by Gasteiger charge is -2.34. The number of carbonyl (C=O) groups is 1. The first-order chi connectivity index (χ1) is 11.7. The normalized spacial score (nSPS) is 36.9. The van der Waals surface area contributed by atoms with Crippen LogP contribution in [-0.4, -0.2) is 51.7 Å². The molecule has 2 saturated heterocycles. The van der Waals surface area contributed by atoms with Crippen molar-refractivity contribution < 1.29 is 28.9 Å². The quantitative estimate of drug-likeness (QED) is 0.730. The lowest BCUT2D eigenvalue weighted by molar-refractivity contribution is -0.166. The number of fused-ring (bicyclic) bond motifs is 6. The summed E-state index contributed by atoms with van der Waals surface area (Å²) >= 11 is 0. The number of carbonyl (C=O) groups excluding carboxylic acids is 1. The Bertz CT molecular complexity index is 723. The van der Waals surface area contributed by atoms with E-state index in [0.29, 0.717) is 11.1 Å². The Kier molecular flexibility index (Phi) is 3.70. The van der Waals surface area contributed by atoms with Crippen molar-refractivity contribution in [3.8, 4) is 0 Å². The van der Waals surface area contributed by atoms with Gasteiger partial charge in [0.05, 0.1) is 12.2 Å². The van der Waals surface area contributed by atoms with E-state index in [1.165, 1.54) is 18.2 Å². The van der Waals surface area contributed by atoms with Crippen molar-refractivity contribution in [2.24, 2.45) is 0 Å². The van der Waals surface area contributed by atoms with Crippen LogP contribution in [0.3, 0.4) is 0 Å². The van der Waals surface area contributed by atoms with Crippen molar-refractivity contribution in [3.05, 3.63) is 35.1 Å². The molecule has 136 valence electrons. The molecule has 25 heavy (non-hydrogen) atoms. The summed E-state index contributed by atoms with van der Waals surface area (Å²) in [5, 5.41) is 22.1. The number of hydrogen-bond acceptors (Lipinski definition) is 5. The van der Waals surface area contributed by atoms with Gasteiger partial charge < -0.3 is 24.6 Å². The number of nitrogens with zero attached hydrogens (tertiary/aromatic N) is 1. The van der Waals surface area contributed by atoms with Gasteiger partial charge in [-0.1, -0.05) is 6.07 Å². The number of aliphatic hydroxyl groups excluding tert-OH is 1. The number of benzene rings is 1. The first kappa shape index (κ1) is 16.9. The van der Waals surface area contributed by atoms with Crippen LogP contribution in [0.1, 0.15) is 37.8 Å². The van der Waals surface area contributed by atoms with Crippen LogP contribution in [-0.2, 0) is 26.4 Å². The average molecular weight is 351 g/mol. The van der Waals surface area contributed by atoms with Crippen molar-refractivity contribution in [3.63, 3.8) is 0 Å². The summed E-state index contributed by atoms with van der Waals surface area (Å²) in [4.78, 5) is 14.6. The maximum atomic E-state index is 13.7. The Hall–Kier alpha value is -1.54. The van der Waals surface area contributed by atoms with Gasteiger partial charge in [-0.2, -0.15) is 0 Å². The first-order valence-electron chi connectivity index (χ1n) is 8.53. The molecule has 3 aliphatic rings. The zero-order chi connectivity index (χ0) is 18.0. The highest BCUT2D eigenvalue weighted by molar-refractivity contribution is 5.82. The molecule has 0 aromatic heterocycles. The van der Waals surface area contributed by atoms with E-state index in [0.717, 1.165) is 0 Å². The van der Waals surface area contributed by atoms with Gasteiger partial charge >= 0.3 is 0 Å². The molecule has 3 heterocycles. The van der Waals surface area contributed by atoms with Crippen LogP contribution in [0.4, 0.5) is 4.39 Å². The minimum absolute atomic E-state index is 0.0565. The van der Waals surface area contributed by atoms with Crippen LogP contribution in [0, 0.1) is 5.82 Å². The summed E-state index contributed by atoms with van der Waals surface area (Å²) < 4.78 is 25.3. The molecule has 0 saturated carbocycles. The minimum atomic E-state index is -1.57. The Morgan fingerprint density at radius 3 is 2.84 bits per heavy atom. The predicted molar refractivity (Wildman–Crippen MR) is 84.8 cm³/mol. The van der Waals surface area contributed by atoms with E-state index in [1.807, 2.05) is 0 Å². The highest BCUT2D eigenvalue weighted by Gasteiger charge is 2.52. The van der Waals surface area contributed by atoms with Gasteiger partial charge in [-0.25, -0.2) is 4.39 Å². The highest BCUT2D eigenvalue weighted by Crippen LogP contribution is 2.42. The molecule has 0 spiro atoms. The third kappa shape index (κ3) is 2.66. The van der Waals surface area contributed by atoms with Crippen LogP contribution in [0.5, 0.6) is 0 Å². The number of ether oxygens (including phenoxy) is 2. The maximum absolute atomic E-state index is 13.7. The molecular formula is C18H22FNO5. The maximum Gasteiger partial charge on any atom is 0.254 e. The van der Waals surface area contributed by atoms with Crippen molar-refractivity contribution in [2.75, 3.05) is 6.54 Å². The molecule has 1 aromatic carbocycles. The number of rotatable bonds is 0. The topological polar surface area (TPSA) is 79.2 Å². The minimum Gasteiger partial charge on any atom is -0.390 e. The molecule has 3 aliphatic heterocycles. The Morgan fingerprint density at radius 2 is 2.08 bits per heavy atom. The third-order valence-electron chi connectivity index (χ3n) is 5.40. The second-order valence-electron chi connectivity index (χ2n) is 7.58. The standard InChI is InChI=1S/C18H22FNO5/c1-17(2)24-13-8-14(21)18(23)5-6-20(16(22)15(13)25-17)9-10-7-11(19)3-4-12(10)18/h3-4,7,13-15,21,23H,5-6,8-9H2,1-2H3/t13-,14?,15+,18?/m1/s1. The molecule has 2 bridgehead atoms. The fourth-order valence-electron chi connectivity index (χ4n) is 4.19. The van der Waals surface area contributed by atoms with Gasteiger partial charge in [-0.05, 0) is 37.1 Å². The monoisotopic (exact) mass is 351 g/mol. The number of hydrogen-bond donors (Lipinski definition) is 2. The second kappa shape index (κ2) is 5.48. The lowest BCUT2D eigenvalue weighted by atomic mass is 9.80. The van der Waals surface area contributed by atoms with Crippen LogP contribution in [0.2, 0.25) is 0 Å². The van der Waals surface area contributed by atoms with E-state index in [9.17, 15) is 19.4 Å². The zero-order valence-corrected chi connectivity index (χ0v) is 14.2. The van der Waals surface area contributed by atoms with E-state index < -0.39 is 35.5 Å². The van der Waals surface area contributed by atoms with E-state index in [1.54, 1.807) is 18.7 Å². The van der Waals surface area contributed by atoms with Gasteiger partial charge in [0.1, 0.15) is 11.4 Å². The fraction of sp³-hybridized carbons (Fsp3) is 0.611. The van der Waals surface area contributed by atoms with Crippen LogP contribution >= 0.6 is 0 Å². The van der Waals surface area contributed by atoms with Gasteiger partial charge in [0, 0.05) is 25.9 Å². The summed E-state index contributed by atoms with van der Waals surface area (Å²) in [7, 11) is 0. The van der Waals surface area contributed by atoms with Gasteiger partial charge in [0.2, 0.25) is 0 Å². The van der Waals surface area contributed by atoms with Crippen LogP contribution < -0.4 is 0 Å². The summed E-state index contributed by atoms with van der Waals surface area (Å²) in [6.07, 6.45) is -2.43.